The van der Waals surface area contributed by atoms with E-state index in [2.05, 4.69) is 77.9 Å². The molecule has 6 nitrogen and oxygen atoms in total. The molecule has 1 saturated heterocycles. The predicted octanol–water partition coefficient (Wildman–Crippen LogP) is 6.56. The lowest BCUT2D eigenvalue weighted by Crippen LogP contribution is -2.42. The number of likely N-dealkylation sites (tertiary alicyclic amines) is 1. The van der Waals surface area contributed by atoms with Gasteiger partial charge in [-0.3, -0.25) is 14.7 Å². The van der Waals surface area contributed by atoms with E-state index in [0.29, 0.717) is 24.4 Å². The number of hydrogen-bond donors (Lipinski definition) is 1. The maximum absolute atomic E-state index is 12.6. The molecule has 204 valence electrons. The quantitative estimate of drug-likeness (QED) is 0.233. The summed E-state index contributed by atoms with van der Waals surface area (Å²) in [7, 11) is 3.70. The second-order valence-electron chi connectivity index (χ2n) is 11.3. The van der Waals surface area contributed by atoms with Crippen LogP contribution in [0.1, 0.15) is 89.0 Å². The number of fused-ring (bicyclic) bond motifs is 1. The summed E-state index contributed by atoms with van der Waals surface area (Å²) >= 11 is 0. The van der Waals surface area contributed by atoms with Gasteiger partial charge in [0.05, 0.1) is 6.54 Å². The Morgan fingerprint density at radius 3 is 2.50 bits per heavy atom. The van der Waals surface area contributed by atoms with Crippen LogP contribution < -0.4 is 0 Å². The molecule has 2 aromatic rings. The van der Waals surface area contributed by atoms with Gasteiger partial charge in [-0.15, -0.1) is 0 Å². The molecular weight excluding hydrogens is 470 g/mol. The Hall–Kier alpha value is -2.99. The third kappa shape index (κ3) is 6.35. The minimum Gasteiger partial charge on any atom is -0.354 e. The van der Waals surface area contributed by atoms with Gasteiger partial charge >= 0.3 is 0 Å². The van der Waals surface area contributed by atoms with Crippen molar-refractivity contribution in [3.05, 3.63) is 52.7 Å². The van der Waals surface area contributed by atoms with Gasteiger partial charge < -0.3 is 9.88 Å². The van der Waals surface area contributed by atoms with Gasteiger partial charge in [-0.25, -0.2) is 4.99 Å². The van der Waals surface area contributed by atoms with Gasteiger partial charge in [0.1, 0.15) is 6.34 Å². The van der Waals surface area contributed by atoms with Crippen molar-refractivity contribution in [2.24, 2.45) is 9.98 Å². The second-order valence-corrected chi connectivity index (χ2v) is 11.3. The summed E-state index contributed by atoms with van der Waals surface area (Å²) in [5, 5.41) is 1.32. The average Bonchev–Trinajstić information content (AvgIpc) is 3.69. The molecule has 0 atom stereocenters. The lowest BCUT2D eigenvalue weighted by molar-refractivity contribution is -0.131. The first-order valence-corrected chi connectivity index (χ1v) is 14.2. The molecule has 0 radical (unpaired) electrons. The fourth-order valence-electron chi connectivity index (χ4n) is 5.59. The van der Waals surface area contributed by atoms with Gasteiger partial charge in [0, 0.05) is 42.4 Å². The van der Waals surface area contributed by atoms with E-state index in [1.807, 2.05) is 18.9 Å². The number of nitrogens with one attached hydrogen (secondary N) is 1. The average molecular weight is 516 g/mol. The van der Waals surface area contributed by atoms with E-state index in [4.69, 9.17) is 0 Å². The molecule has 2 aliphatic rings. The van der Waals surface area contributed by atoms with Crippen molar-refractivity contribution >= 4 is 34.4 Å². The van der Waals surface area contributed by atoms with Gasteiger partial charge in [0.25, 0.3) is 0 Å². The van der Waals surface area contributed by atoms with Crippen molar-refractivity contribution in [1.29, 1.82) is 0 Å². The summed E-state index contributed by atoms with van der Waals surface area (Å²) in [6.07, 6.45) is 10.5. The number of carbonyl (C=O) groups excluding carboxylic acids is 1. The number of carbonyl (C=O) groups is 1. The predicted molar refractivity (Wildman–Crippen MR) is 162 cm³/mol. The molecule has 1 aromatic carbocycles. The van der Waals surface area contributed by atoms with E-state index < -0.39 is 0 Å². The Bertz CT molecular complexity index is 1270. The maximum Gasteiger partial charge on any atom is 0.236 e. The number of nitrogens with zero attached hydrogens (tertiary/aromatic N) is 4. The van der Waals surface area contributed by atoms with Crippen LogP contribution in [0, 0.1) is 0 Å². The summed E-state index contributed by atoms with van der Waals surface area (Å²) in [6, 6.07) is 7.47. The Kier molecular flexibility index (Phi) is 9.03. The Morgan fingerprint density at radius 2 is 1.89 bits per heavy atom. The molecule has 6 heteroatoms. The first-order valence-electron chi connectivity index (χ1n) is 14.2. The summed E-state index contributed by atoms with van der Waals surface area (Å²) in [4.78, 5) is 29.0. The van der Waals surface area contributed by atoms with Crippen molar-refractivity contribution in [2.45, 2.75) is 78.2 Å². The first kappa shape index (κ1) is 28.0. The van der Waals surface area contributed by atoms with Gasteiger partial charge in [-0.2, -0.15) is 0 Å². The van der Waals surface area contributed by atoms with Crippen LogP contribution in [-0.2, 0) is 4.79 Å². The maximum atomic E-state index is 12.6. The van der Waals surface area contributed by atoms with Crippen LogP contribution in [0.25, 0.3) is 16.5 Å². The minimum atomic E-state index is 0.276. The molecule has 1 aliphatic carbocycles. The summed E-state index contributed by atoms with van der Waals surface area (Å²) in [5.41, 5.74) is 8.44. The second kappa shape index (κ2) is 12.2. The number of aliphatic imine (C=N–C) groups is 2. The van der Waals surface area contributed by atoms with Crippen molar-refractivity contribution in [2.75, 3.05) is 33.7 Å². The zero-order chi connectivity index (χ0) is 27.4. The van der Waals surface area contributed by atoms with Crippen molar-refractivity contribution in [1.82, 2.24) is 14.8 Å². The van der Waals surface area contributed by atoms with Gasteiger partial charge in [-0.1, -0.05) is 26.0 Å². The number of likely N-dealkylation sites (N-methyl/N-ethyl adjacent to an activating group) is 1. The lowest BCUT2D eigenvalue weighted by atomic mass is 9.87. The van der Waals surface area contributed by atoms with Crippen LogP contribution >= 0.6 is 0 Å². The summed E-state index contributed by atoms with van der Waals surface area (Å²) in [5.74, 6) is 1.20. The number of amides is 1. The topological polar surface area (TPSA) is 64.1 Å². The van der Waals surface area contributed by atoms with E-state index >= 15 is 0 Å². The van der Waals surface area contributed by atoms with E-state index in [9.17, 15) is 4.79 Å². The molecule has 0 bridgehead atoms. The smallest absolute Gasteiger partial charge is 0.236 e. The standard InChI is InChI=1S/C32H45N5O/c1-8-24(17-22(4)23(5)34-20-33-6)32-31(21(2)3)28-18-26(9-12-29(28)35-32)25-13-15-37(16-14-25)19-30(38)36(7)27-10-11-27/h8-9,12,17-18,20-21,25,27,35H,10-11,13-16,19H2,1-7H3/b22-17-,24-8+,33-20?,34-23?. The molecule has 2 fully saturated rings. The molecule has 38 heavy (non-hydrogen) atoms. The number of H-pyrrole nitrogens is 1. The number of hydrogen-bond acceptors (Lipinski definition) is 3. The number of piperidine rings is 1. The Labute approximate surface area is 228 Å². The largest absolute Gasteiger partial charge is 0.354 e. The number of allylic oxidation sites excluding steroid dienone is 4. The zero-order valence-corrected chi connectivity index (χ0v) is 24.3. The van der Waals surface area contributed by atoms with Crippen LogP contribution in [0.3, 0.4) is 0 Å². The molecule has 1 aliphatic heterocycles. The van der Waals surface area contributed by atoms with Crippen LogP contribution in [0.5, 0.6) is 0 Å². The molecule has 4 rings (SSSR count). The number of aromatic nitrogens is 1. The molecule has 2 heterocycles. The highest BCUT2D eigenvalue weighted by Gasteiger charge is 2.31. The Balaban J connectivity index is 1.54. The van der Waals surface area contributed by atoms with E-state index in [1.54, 1.807) is 13.4 Å². The van der Waals surface area contributed by atoms with E-state index in [1.165, 1.54) is 46.1 Å². The van der Waals surface area contributed by atoms with Gasteiger partial charge in [0.2, 0.25) is 5.91 Å². The number of benzene rings is 1. The molecule has 0 spiro atoms. The van der Waals surface area contributed by atoms with Crippen molar-refractivity contribution in [3.63, 3.8) is 0 Å². The van der Waals surface area contributed by atoms with Crippen LogP contribution in [-0.4, -0.2) is 72.5 Å². The van der Waals surface area contributed by atoms with Crippen LogP contribution in [0.2, 0.25) is 0 Å². The highest BCUT2D eigenvalue weighted by molar-refractivity contribution is 6.04. The fourth-order valence-corrected chi connectivity index (χ4v) is 5.59. The zero-order valence-electron chi connectivity index (χ0n) is 24.3. The number of aromatic amines is 1. The third-order valence-corrected chi connectivity index (χ3v) is 8.26. The van der Waals surface area contributed by atoms with Gasteiger partial charge in [-0.05, 0) is 112 Å². The normalized spacial score (nSPS) is 18.8. The molecular formula is C32H45N5O. The molecule has 1 aromatic heterocycles. The van der Waals surface area contributed by atoms with E-state index in [0.717, 1.165) is 37.2 Å². The third-order valence-electron chi connectivity index (χ3n) is 8.26. The van der Waals surface area contributed by atoms with Crippen molar-refractivity contribution < 1.29 is 4.79 Å². The van der Waals surface area contributed by atoms with Crippen molar-refractivity contribution in [3.8, 4) is 0 Å². The highest BCUT2D eigenvalue weighted by Crippen LogP contribution is 2.37. The highest BCUT2D eigenvalue weighted by atomic mass is 16.2. The molecule has 1 amide bonds. The monoisotopic (exact) mass is 515 g/mol. The van der Waals surface area contributed by atoms with Crippen LogP contribution in [0.4, 0.5) is 0 Å². The molecule has 1 saturated carbocycles. The summed E-state index contributed by atoms with van der Waals surface area (Å²) in [6.45, 7) is 13.3. The summed E-state index contributed by atoms with van der Waals surface area (Å²) < 4.78 is 0. The molecule has 1 N–H and O–H groups in total. The Morgan fingerprint density at radius 1 is 1.18 bits per heavy atom. The van der Waals surface area contributed by atoms with Gasteiger partial charge in [0.15, 0.2) is 0 Å². The first-order chi connectivity index (χ1) is 18.2. The van der Waals surface area contributed by atoms with Crippen LogP contribution in [0.15, 0.2) is 45.9 Å². The number of rotatable bonds is 9. The minimum absolute atomic E-state index is 0.276. The molecule has 0 unspecified atom stereocenters. The SMILES string of the molecule is C/C=C(\C=C(\C)C(C)=NC=NC)c1[nH]c2ccc(C3CCN(CC(=O)N(C)C4CC4)CC3)cc2c1C(C)C. The lowest BCUT2D eigenvalue weighted by Gasteiger charge is -2.32. The van der Waals surface area contributed by atoms with E-state index in [-0.39, 0.29) is 5.91 Å². The fraction of sp³-hybridized carbons (Fsp3) is 0.531.